The molecule has 0 radical (unpaired) electrons. The first-order valence-electron chi connectivity index (χ1n) is 7.56. The van der Waals surface area contributed by atoms with Crippen molar-refractivity contribution in [2.45, 2.75) is 25.4 Å². The standard InChI is InChI=1S/C16H23N3O3.ClH/c1-22-12(11-17)10-15(20)18-14-7-3-2-6-13(14)16(21)19-8-4-5-9-19;/h2-3,6-7,12H,4-5,8-11,17H2,1H3,(H,18,20);1H. The number of nitrogens with one attached hydrogen (secondary N) is 1. The molecule has 2 rings (SSSR count). The molecule has 128 valence electrons. The van der Waals surface area contributed by atoms with E-state index >= 15 is 0 Å². The van der Waals surface area contributed by atoms with Gasteiger partial charge in [-0.2, -0.15) is 0 Å². The molecule has 7 heteroatoms. The summed E-state index contributed by atoms with van der Waals surface area (Å²) in [6, 6.07) is 7.09. The Bertz CT molecular complexity index is 529. The fourth-order valence-corrected chi connectivity index (χ4v) is 2.54. The molecule has 0 bridgehead atoms. The highest BCUT2D eigenvalue weighted by molar-refractivity contribution is 6.03. The van der Waals surface area contributed by atoms with Crippen LogP contribution >= 0.6 is 12.4 Å². The van der Waals surface area contributed by atoms with Crippen molar-refractivity contribution in [2.75, 3.05) is 32.1 Å². The number of likely N-dealkylation sites (tertiary alicyclic amines) is 1. The Morgan fingerprint density at radius 1 is 1.30 bits per heavy atom. The Kier molecular flexibility index (Phi) is 8.02. The summed E-state index contributed by atoms with van der Waals surface area (Å²) in [5, 5.41) is 2.79. The Morgan fingerprint density at radius 2 is 1.96 bits per heavy atom. The minimum absolute atomic E-state index is 0. The van der Waals surface area contributed by atoms with E-state index in [4.69, 9.17) is 10.5 Å². The number of ether oxygens (including phenoxy) is 1. The van der Waals surface area contributed by atoms with Gasteiger partial charge in [-0.05, 0) is 25.0 Å². The number of nitrogens with two attached hydrogens (primary N) is 1. The summed E-state index contributed by atoms with van der Waals surface area (Å²) in [7, 11) is 1.52. The normalized spacial score (nSPS) is 15.0. The lowest BCUT2D eigenvalue weighted by molar-refractivity contribution is -0.118. The maximum Gasteiger partial charge on any atom is 0.255 e. The lowest BCUT2D eigenvalue weighted by Crippen LogP contribution is -2.30. The van der Waals surface area contributed by atoms with Gasteiger partial charge in [0, 0.05) is 26.7 Å². The number of nitrogens with zero attached hydrogens (tertiary/aromatic N) is 1. The van der Waals surface area contributed by atoms with Gasteiger partial charge in [0.25, 0.3) is 5.91 Å². The van der Waals surface area contributed by atoms with Gasteiger partial charge in [0.2, 0.25) is 5.91 Å². The largest absolute Gasteiger partial charge is 0.380 e. The number of rotatable bonds is 6. The minimum Gasteiger partial charge on any atom is -0.380 e. The Labute approximate surface area is 142 Å². The summed E-state index contributed by atoms with van der Waals surface area (Å²) in [4.78, 5) is 26.4. The summed E-state index contributed by atoms with van der Waals surface area (Å²) in [5.74, 6) is -0.241. The maximum atomic E-state index is 12.5. The summed E-state index contributed by atoms with van der Waals surface area (Å²) in [6.45, 7) is 1.83. The molecule has 3 N–H and O–H groups in total. The quantitative estimate of drug-likeness (QED) is 0.824. The second-order valence-corrected chi connectivity index (χ2v) is 5.39. The SMILES string of the molecule is COC(CN)CC(=O)Nc1ccccc1C(=O)N1CCCC1.Cl. The molecule has 0 aliphatic carbocycles. The molecule has 0 aromatic heterocycles. The van der Waals surface area contributed by atoms with E-state index in [-0.39, 0.29) is 43.3 Å². The van der Waals surface area contributed by atoms with E-state index in [1.54, 1.807) is 24.3 Å². The third-order valence-electron chi connectivity index (χ3n) is 3.83. The first-order valence-corrected chi connectivity index (χ1v) is 7.56. The van der Waals surface area contributed by atoms with Crippen molar-refractivity contribution < 1.29 is 14.3 Å². The highest BCUT2D eigenvalue weighted by Crippen LogP contribution is 2.20. The maximum absolute atomic E-state index is 12.5. The minimum atomic E-state index is -0.318. The summed E-state index contributed by atoms with van der Waals surface area (Å²) in [5.41, 5.74) is 6.59. The third kappa shape index (κ3) is 5.20. The van der Waals surface area contributed by atoms with E-state index in [0.717, 1.165) is 25.9 Å². The van der Waals surface area contributed by atoms with Gasteiger partial charge in [-0.3, -0.25) is 9.59 Å². The van der Waals surface area contributed by atoms with Crippen LogP contribution in [0.1, 0.15) is 29.6 Å². The number of carbonyl (C=O) groups is 2. The van der Waals surface area contributed by atoms with Gasteiger partial charge in [-0.1, -0.05) is 12.1 Å². The zero-order valence-corrected chi connectivity index (χ0v) is 14.1. The van der Waals surface area contributed by atoms with Crippen LogP contribution in [0.5, 0.6) is 0 Å². The first kappa shape index (κ1) is 19.4. The molecule has 1 aliphatic rings. The Balaban J connectivity index is 0.00000264. The number of methoxy groups -OCH3 is 1. The van der Waals surface area contributed by atoms with Gasteiger partial charge in [0.1, 0.15) is 0 Å². The highest BCUT2D eigenvalue weighted by atomic mass is 35.5. The van der Waals surface area contributed by atoms with Gasteiger partial charge in [0.05, 0.1) is 23.8 Å². The average molecular weight is 342 g/mol. The fourth-order valence-electron chi connectivity index (χ4n) is 2.54. The van der Waals surface area contributed by atoms with E-state index in [9.17, 15) is 9.59 Å². The molecule has 6 nitrogen and oxygen atoms in total. The molecule has 1 saturated heterocycles. The molecule has 1 atom stereocenters. The predicted octanol–water partition coefficient (Wildman–Crippen LogP) is 1.65. The molecule has 1 aromatic carbocycles. The number of carbonyl (C=O) groups excluding carboxylic acids is 2. The van der Waals surface area contributed by atoms with Crippen LogP contribution in [-0.4, -0.2) is 49.6 Å². The number of anilines is 1. The van der Waals surface area contributed by atoms with Crippen LogP contribution in [0.15, 0.2) is 24.3 Å². The molecule has 23 heavy (non-hydrogen) atoms. The summed E-state index contributed by atoms with van der Waals surface area (Å²) < 4.78 is 5.11. The van der Waals surface area contributed by atoms with E-state index in [1.165, 1.54) is 7.11 Å². The van der Waals surface area contributed by atoms with Gasteiger partial charge < -0.3 is 20.7 Å². The summed E-state index contributed by atoms with van der Waals surface area (Å²) in [6.07, 6.45) is 1.92. The zero-order valence-electron chi connectivity index (χ0n) is 13.3. The number of benzene rings is 1. The second kappa shape index (κ2) is 9.50. The molecule has 2 amide bonds. The zero-order chi connectivity index (χ0) is 15.9. The average Bonchev–Trinajstić information content (AvgIpc) is 3.07. The molecule has 1 aliphatic heterocycles. The van der Waals surface area contributed by atoms with Crippen LogP contribution in [0.4, 0.5) is 5.69 Å². The van der Waals surface area contributed by atoms with Gasteiger partial charge in [-0.25, -0.2) is 0 Å². The fraction of sp³-hybridized carbons (Fsp3) is 0.500. The van der Waals surface area contributed by atoms with Crippen LogP contribution in [0.25, 0.3) is 0 Å². The van der Waals surface area contributed by atoms with Crippen molar-refractivity contribution in [3.8, 4) is 0 Å². The van der Waals surface area contributed by atoms with Crippen LogP contribution < -0.4 is 11.1 Å². The monoisotopic (exact) mass is 341 g/mol. The molecule has 0 spiro atoms. The first-order chi connectivity index (χ1) is 10.7. The lowest BCUT2D eigenvalue weighted by atomic mass is 10.1. The number of hydrogen-bond acceptors (Lipinski definition) is 4. The Hall–Kier alpha value is -1.63. The molecule has 0 saturated carbocycles. The third-order valence-corrected chi connectivity index (χ3v) is 3.83. The van der Waals surface area contributed by atoms with Crippen LogP contribution in [0, 0.1) is 0 Å². The number of halogens is 1. The van der Waals surface area contributed by atoms with Gasteiger partial charge in [-0.15, -0.1) is 12.4 Å². The topological polar surface area (TPSA) is 84.7 Å². The van der Waals surface area contributed by atoms with E-state index in [2.05, 4.69) is 5.32 Å². The highest BCUT2D eigenvalue weighted by Gasteiger charge is 2.22. The number of amides is 2. The van der Waals surface area contributed by atoms with Crippen molar-refractivity contribution in [3.05, 3.63) is 29.8 Å². The van der Waals surface area contributed by atoms with Crippen LogP contribution in [-0.2, 0) is 9.53 Å². The molecule has 1 heterocycles. The number of hydrogen-bond donors (Lipinski definition) is 2. The van der Waals surface area contributed by atoms with E-state index < -0.39 is 0 Å². The van der Waals surface area contributed by atoms with Crippen molar-refractivity contribution in [1.29, 1.82) is 0 Å². The second-order valence-electron chi connectivity index (χ2n) is 5.39. The smallest absolute Gasteiger partial charge is 0.255 e. The lowest BCUT2D eigenvalue weighted by Gasteiger charge is -2.18. The van der Waals surface area contributed by atoms with Gasteiger partial charge in [0.15, 0.2) is 0 Å². The summed E-state index contributed by atoms with van der Waals surface area (Å²) >= 11 is 0. The van der Waals surface area contributed by atoms with Crippen molar-refractivity contribution in [3.63, 3.8) is 0 Å². The molecule has 1 aromatic rings. The Morgan fingerprint density at radius 3 is 2.57 bits per heavy atom. The molecule has 1 fully saturated rings. The van der Waals surface area contributed by atoms with E-state index in [0.29, 0.717) is 11.3 Å². The van der Waals surface area contributed by atoms with Crippen molar-refractivity contribution in [2.24, 2.45) is 5.73 Å². The molecule has 1 unspecified atom stereocenters. The van der Waals surface area contributed by atoms with Crippen LogP contribution in [0.3, 0.4) is 0 Å². The number of para-hydroxylation sites is 1. The predicted molar refractivity (Wildman–Crippen MR) is 91.9 cm³/mol. The molecular formula is C16H24ClN3O3. The van der Waals surface area contributed by atoms with Gasteiger partial charge >= 0.3 is 0 Å². The molecular weight excluding hydrogens is 318 g/mol. The van der Waals surface area contributed by atoms with Crippen molar-refractivity contribution in [1.82, 2.24) is 4.90 Å². The van der Waals surface area contributed by atoms with Crippen molar-refractivity contribution >= 4 is 29.9 Å². The van der Waals surface area contributed by atoms with E-state index in [1.807, 2.05) is 4.90 Å². The van der Waals surface area contributed by atoms with Crippen LogP contribution in [0.2, 0.25) is 0 Å².